The molecule has 3 rings (SSSR count). The maximum absolute atomic E-state index is 13.1. The third-order valence-corrected chi connectivity index (χ3v) is 4.07. The quantitative estimate of drug-likeness (QED) is 0.918. The summed E-state index contributed by atoms with van der Waals surface area (Å²) in [6, 6.07) is 4.42. The molecule has 0 aliphatic heterocycles. The molecule has 2 aromatic rings. The Kier molecular flexibility index (Phi) is 3.63. The first-order valence-electron chi connectivity index (χ1n) is 6.65. The molecule has 1 aromatic heterocycles. The number of amides is 1. The lowest BCUT2D eigenvalue weighted by molar-refractivity contribution is -0.122. The van der Waals surface area contributed by atoms with Crippen LogP contribution in [0.3, 0.4) is 0 Å². The van der Waals surface area contributed by atoms with E-state index in [1.54, 1.807) is 12.3 Å². The van der Waals surface area contributed by atoms with Gasteiger partial charge in [0.2, 0.25) is 5.91 Å². The van der Waals surface area contributed by atoms with Gasteiger partial charge in [-0.2, -0.15) is 0 Å². The van der Waals surface area contributed by atoms with Crippen molar-refractivity contribution in [3.8, 4) is 0 Å². The van der Waals surface area contributed by atoms with Crippen LogP contribution in [0.25, 0.3) is 0 Å². The topological polar surface area (TPSA) is 59.8 Å². The number of benzene rings is 1. The summed E-state index contributed by atoms with van der Waals surface area (Å²) in [7, 11) is 0. The van der Waals surface area contributed by atoms with Gasteiger partial charge in [-0.3, -0.25) is 4.79 Å². The highest BCUT2D eigenvalue weighted by Crippen LogP contribution is 2.50. The summed E-state index contributed by atoms with van der Waals surface area (Å²) < 4.78 is 14.6. The molecule has 7 heteroatoms. The predicted octanol–water partition coefficient (Wildman–Crippen LogP) is 1.92. The van der Waals surface area contributed by atoms with Crippen LogP contribution < -0.4 is 5.32 Å². The predicted molar refractivity (Wildman–Crippen MR) is 75.4 cm³/mol. The molecular formula is C14H14ClFN4O. The normalized spacial score (nSPS) is 15.7. The zero-order valence-corrected chi connectivity index (χ0v) is 12.0. The van der Waals surface area contributed by atoms with Gasteiger partial charge in [-0.15, -0.1) is 5.10 Å². The second kappa shape index (κ2) is 5.44. The second-order valence-electron chi connectivity index (χ2n) is 5.28. The number of rotatable bonds is 5. The summed E-state index contributed by atoms with van der Waals surface area (Å²) in [5, 5.41) is 10.7. The van der Waals surface area contributed by atoms with Crippen molar-refractivity contribution in [1.82, 2.24) is 20.3 Å². The zero-order valence-electron chi connectivity index (χ0n) is 11.2. The monoisotopic (exact) mass is 308 g/mol. The number of halogens is 2. The van der Waals surface area contributed by atoms with Crippen molar-refractivity contribution in [1.29, 1.82) is 0 Å². The van der Waals surface area contributed by atoms with Crippen LogP contribution in [0.1, 0.15) is 18.4 Å². The highest BCUT2D eigenvalue weighted by molar-refractivity contribution is 6.31. The molecule has 1 aliphatic rings. The van der Waals surface area contributed by atoms with E-state index in [0.29, 0.717) is 11.6 Å². The van der Waals surface area contributed by atoms with E-state index in [2.05, 4.69) is 15.6 Å². The Morgan fingerprint density at radius 3 is 2.90 bits per heavy atom. The van der Waals surface area contributed by atoms with E-state index in [9.17, 15) is 9.18 Å². The minimum atomic E-state index is -0.352. The van der Waals surface area contributed by atoms with Crippen LogP contribution in [0, 0.1) is 5.82 Å². The van der Waals surface area contributed by atoms with Gasteiger partial charge in [0, 0.05) is 23.2 Å². The van der Waals surface area contributed by atoms with E-state index < -0.39 is 0 Å². The van der Waals surface area contributed by atoms with Gasteiger partial charge in [0.25, 0.3) is 0 Å². The van der Waals surface area contributed by atoms with Crippen LogP contribution >= 0.6 is 11.6 Å². The Bertz CT molecular complexity index is 655. The second-order valence-corrected chi connectivity index (χ2v) is 5.69. The Hall–Kier alpha value is -1.95. The molecule has 1 aliphatic carbocycles. The van der Waals surface area contributed by atoms with Crippen molar-refractivity contribution < 1.29 is 9.18 Å². The molecule has 1 saturated carbocycles. The third-order valence-electron chi connectivity index (χ3n) is 3.76. The summed E-state index contributed by atoms with van der Waals surface area (Å²) in [6.07, 6.45) is 5.02. The maximum atomic E-state index is 13.1. The fourth-order valence-electron chi connectivity index (χ4n) is 2.40. The molecule has 0 bridgehead atoms. The first-order valence-corrected chi connectivity index (χ1v) is 7.03. The molecule has 1 heterocycles. The highest BCUT2D eigenvalue weighted by atomic mass is 35.5. The van der Waals surface area contributed by atoms with Crippen LogP contribution in [0.15, 0.2) is 30.6 Å². The van der Waals surface area contributed by atoms with Crippen LogP contribution in [-0.4, -0.2) is 27.4 Å². The first kappa shape index (κ1) is 14.0. The molecule has 21 heavy (non-hydrogen) atoms. The summed E-state index contributed by atoms with van der Waals surface area (Å²) in [6.45, 7) is 0.624. The lowest BCUT2D eigenvalue weighted by atomic mass is 9.95. The Balaban J connectivity index is 1.63. The lowest BCUT2D eigenvalue weighted by Gasteiger charge is -2.18. The number of hydrogen-bond acceptors (Lipinski definition) is 3. The number of nitrogens with zero attached hydrogens (tertiary/aromatic N) is 3. The molecule has 1 aromatic carbocycles. The minimum absolute atomic E-state index is 0.132. The highest BCUT2D eigenvalue weighted by Gasteiger charge is 2.45. The van der Waals surface area contributed by atoms with Gasteiger partial charge in [0.15, 0.2) is 0 Å². The van der Waals surface area contributed by atoms with Gasteiger partial charge in [-0.05, 0) is 30.5 Å². The van der Waals surface area contributed by atoms with Crippen molar-refractivity contribution in [3.63, 3.8) is 0 Å². The Morgan fingerprint density at radius 2 is 2.29 bits per heavy atom. The molecule has 1 fully saturated rings. The third kappa shape index (κ3) is 3.05. The largest absolute Gasteiger partial charge is 0.354 e. The molecule has 1 N–H and O–H groups in total. The number of aromatic nitrogens is 3. The van der Waals surface area contributed by atoms with Gasteiger partial charge in [-0.1, -0.05) is 22.9 Å². The standard InChI is InChI=1S/C14H14ClFN4O/c15-12-7-10(16)1-2-11(12)14(3-4-14)9-17-13(21)8-20-6-5-18-19-20/h1-2,5-7H,3-4,8-9H2,(H,17,21). The smallest absolute Gasteiger partial charge is 0.241 e. The lowest BCUT2D eigenvalue weighted by Crippen LogP contribution is -2.34. The van der Waals surface area contributed by atoms with Crippen molar-refractivity contribution in [2.45, 2.75) is 24.8 Å². The van der Waals surface area contributed by atoms with Gasteiger partial charge in [0.05, 0.1) is 6.20 Å². The van der Waals surface area contributed by atoms with Gasteiger partial charge in [0.1, 0.15) is 12.4 Å². The van der Waals surface area contributed by atoms with Crippen LogP contribution in [0.5, 0.6) is 0 Å². The molecule has 110 valence electrons. The molecule has 0 radical (unpaired) electrons. The molecule has 5 nitrogen and oxygen atoms in total. The van der Waals surface area contributed by atoms with E-state index in [4.69, 9.17) is 11.6 Å². The minimum Gasteiger partial charge on any atom is -0.354 e. The number of hydrogen-bond donors (Lipinski definition) is 1. The fourth-order valence-corrected chi connectivity index (χ4v) is 2.77. The molecule has 0 saturated heterocycles. The van der Waals surface area contributed by atoms with E-state index in [0.717, 1.165) is 18.4 Å². The number of carbonyl (C=O) groups excluding carboxylic acids is 1. The van der Waals surface area contributed by atoms with Crippen LogP contribution in [-0.2, 0) is 16.8 Å². The maximum Gasteiger partial charge on any atom is 0.241 e. The first-order chi connectivity index (χ1) is 10.1. The summed E-state index contributed by atoms with van der Waals surface area (Å²) in [5.74, 6) is -0.486. The average Bonchev–Trinajstić information content (AvgIpc) is 3.05. The van der Waals surface area contributed by atoms with Gasteiger partial charge in [-0.25, -0.2) is 9.07 Å². The van der Waals surface area contributed by atoms with E-state index in [1.165, 1.54) is 23.0 Å². The number of carbonyl (C=O) groups is 1. The molecule has 0 atom stereocenters. The van der Waals surface area contributed by atoms with Gasteiger partial charge < -0.3 is 5.32 Å². The zero-order chi connectivity index (χ0) is 14.9. The van der Waals surface area contributed by atoms with Crippen LogP contribution in [0.4, 0.5) is 4.39 Å². The number of nitrogens with one attached hydrogen (secondary N) is 1. The summed E-state index contributed by atoms with van der Waals surface area (Å²) >= 11 is 6.11. The van der Waals surface area contributed by atoms with E-state index >= 15 is 0 Å². The van der Waals surface area contributed by atoms with Crippen molar-refractivity contribution >= 4 is 17.5 Å². The Labute approximate surface area is 126 Å². The van der Waals surface area contributed by atoms with E-state index in [1.807, 2.05) is 0 Å². The van der Waals surface area contributed by atoms with E-state index in [-0.39, 0.29) is 23.7 Å². The molecule has 1 amide bonds. The fraction of sp³-hybridized carbons (Fsp3) is 0.357. The van der Waals surface area contributed by atoms with Crippen molar-refractivity contribution in [2.75, 3.05) is 6.54 Å². The molecule has 0 spiro atoms. The molecule has 0 unspecified atom stereocenters. The average molecular weight is 309 g/mol. The SMILES string of the molecule is O=C(Cn1ccnn1)NCC1(c2ccc(F)cc2Cl)CC1. The van der Waals surface area contributed by atoms with Crippen molar-refractivity contribution in [2.24, 2.45) is 0 Å². The van der Waals surface area contributed by atoms with Gasteiger partial charge >= 0.3 is 0 Å². The Morgan fingerprint density at radius 1 is 1.48 bits per heavy atom. The van der Waals surface area contributed by atoms with Crippen LogP contribution in [0.2, 0.25) is 5.02 Å². The summed E-state index contributed by atoms with van der Waals surface area (Å²) in [5.41, 5.74) is 0.731. The van der Waals surface area contributed by atoms with Crippen molar-refractivity contribution in [3.05, 3.63) is 47.0 Å². The summed E-state index contributed by atoms with van der Waals surface area (Å²) in [4.78, 5) is 11.9. The molecular weight excluding hydrogens is 295 g/mol.